The largest absolute Gasteiger partial charge is 0.308 e. The fourth-order valence-electron chi connectivity index (χ4n) is 2.32. The lowest BCUT2D eigenvalue weighted by Gasteiger charge is -2.14. The van der Waals surface area contributed by atoms with E-state index in [1.807, 2.05) is 6.92 Å². The van der Waals surface area contributed by atoms with Crippen LogP contribution in [0.2, 0.25) is 0 Å². The number of hydrogen-bond donors (Lipinski definition) is 1. The van der Waals surface area contributed by atoms with Crippen molar-refractivity contribution >= 4 is 11.3 Å². The first-order chi connectivity index (χ1) is 7.70. The van der Waals surface area contributed by atoms with Crippen LogP contribution in [0.15, 0.2) is 0 Å². The molecule has 2 rings (SSSR count). The summed E-state index contributed by atoms with van der Waals surface area (Å²) in [7, 11) is 0. The van der Waals surface area contributed by atoms with Crippen LogP contribution in [-0.2, 0) is 6.54 Å². The van der Waals surface area contributed by atoms with Gasteiger partial charge in [0, 0.05) is 17.5 Å². The first-order valence-corrected chi connectivity index (χ1v) is 6.58. The van der Waals surface area contributed by atoms with Gasteiger partial charge in [-0.2, -0.15) is 5.26 Å². The van der Waals surface area contributed by atoms with Gasteiger partial charge in [-0.25, -0.2) is 4.98 Å². The first-order valence-electron chi connectivity index (χ1n) is 5.76. The molecule has 1 N–H and O–H groups in total. The highest BCUT2D eigenvalue weighted by Gasteiger charge is 2.26. The lowest BCUT2D eigenvalue weighted by atomic mass is 10.1. The summed E-state index contributed by atoms with van der Waals surface area (Å²) in [6.45, 7) is 4.95. The summed E-state index contributed by atoms with van der Waals surface area (Å²) in [4.78, 5) is 5.72. The third-order valence-corrected chi connectivity index (χ3v) is 4.28. The normalized spacial score (nSPS) is 24.6. The van der Waals surface area contributed by atoms with E-state index >= 15 is 0 Å². The van der Waals surface area contributed by atoms with E-state index in [1.165, 1.54) is 11.3 Å². The van der Waals surface area contributed by atoms with Crippen molar-refractivity contribution in [3.8, 4) is 6.07 Å². The zero-order valence-corrected chi connectivity index (χ0v) is 10.6. The van der Waals surface area contributed by atoms with Crippen molar-refractivity contribution in [2.24, 2.45) is 5.92 Å². The van der Waals surface area contributed by atoms with Gasteiger partial charge in [-0.3, -0.25) is 0 Å². The van der Waals surface area contributed by atoms with Crippen LogP contribution in [0.3, 0.4) is 0 Å². The smallest absolute Gasteiger partial charge is 0.0900 e. The second-order valence-electron chi connectivity index (χ2n) is 4.40. The standard InChI is InChI=1S/C12H17N3S/c1-8-12(16-9(2)15-8)7-14-11-5-3-4-10(11)6-13/h10-11,14H,3-5,7H2,1-2H3. The minimum atomic E-state index is 0.203. The predicted octanol–water partition coefficient (Wildman–Crippen LogP) is 2.54. The Morgan fingerprint density at radius 3 is 2.94 bits per heavy atom. The van der Waals surface area contributed by atoms with Crippen molar-refractivity contribution in [1.29, 1.82) is 5.26 Å². The molecular formula is C12H17N3S. The second kappa shape index (κ2) is 4.94. The maximum absolute atomic E-state index is 8.99. The molecule has 0 aliphatic heterocycles. The summed E-state index contributed by atoms with van der Waals surface area (Å²) in [5.41, 5.74) is 1.13. The molecule has 3 nitrogen and oxygen atoms in total. The number of rotatable bonds is 3. The van der Waals surface area contributed by atoms with Crippen LogP contribution in [0.5, 0.6) is 0 Å². The number of nitriles is 1. The monoisotopic (exact) mass is 235 g/mol. The Hall–Kier alpha value is -0.920. The molecule has 0 bridgehead atoms. The molecule has 2 unspecified atom stereocenters. The molecule has 1 fully saturated rings. The Bertz CT molecular complexity index is 405. The Balaban J connectivity index is 1.92. The zero-order chi connectivity index (χ0) is 11.5. The first kappa shape index (κ1) is 11.6. The van der Waals surface area contributed by atoms with Crippen molar-refractivity contribution in [3.63, 3.8) is 0 Å². The number of aryl methyl sites for hydroxylation is 2. The number of thiazole rings is 1. The lowest BCUT2D eigenvalue weighted by molar-refractivity contribution is 0.466. The number of nitrogens with one attached hydrogen (secondary N) is 1. The number of aromatic nitrogens is 1. The van der Waals surface area contributed by atoms with Gasteiger partial charge >= 0.3 is 0 Å². The molecule has 1 aromatic heterocycles. The molecule has 4 heteroatoms. The van der Waals surface area contributed by atoms with Crippen LogP contribution in [0.4, 0.5) is 0 Å². The molecule has 16 heavy (non-hydrogen) atoms. The second-order valence-corrected chi connectivity index (χ2v) is 5.68. The van der Waals surface area contributed by atoms with Gasteiger partial charge in [-0.1, -0.05) is 6.42 Å². The fourth-order valence-corrected chi connectivity index (χ4v) is 3.21. The molecule has 1 aromatic rings. The van der Waals surface area contributed by atoms with Gasteiger partial charge in [-0.15, -0.1) is 11.3 Å². The molecular weight excluding hydrogens is 218 g/mol. The third-order valence-electron chi connectivity index (χ3n) is 3.21. The lowest BCUT2D eigenvalue weighted by Crippen LogP contribution is -2.31. The summed E-state index contributed by atoms with van der Waals surface area (Å²) in [6.07, 6.45) is 3.36. The molecule has 0 saturated heterocycles. The van der Waals surface area contributed by atoms with E-state index in [9.17, 15) is 0 Å². The quantitative estimate of drug-likeness (QED) is 0.876. The van der Waals surface area contributed by atoms with Crippen LogP contribution in [-0.4, -0.2) is 11.0 Å². The highest BCUT2D eigenvalue weighted by molar-refractivity contribution is 7.11. The molecule has 86 valence electrons. The Morgan fingerprint density at radius 2 is 2.31 bits per heavy atom. The Labute approximate surface area is 101 Å². The number of hydrogen-bond acceptors (Lipinski definition) is 4. The van der Waals surface area contributed by atoms with E-state index < -0.39 is 0 Å². The molecule has 0 aromatic carbocycles. The van der Waals surface area contributed by atoms with Crippen LogP contribution in [0, 0.1) is 31.1 Å². The maximum Gasteiger partial charge on any atom is 0.0900 e. The van der Waals surface area contributed by atoms with E-state index in [0.29, 0.717) is 6.04 Å². The molecule has 1 aliphatic carbocycles. The topological polar surface area (TPSA) is 48.7 Å². The molecule has 1 aliphatic rings. The summed E-state index contributed by atoms with van der Waals surface area (Å²) in [5, 5.41) is 13.6. The predicted molar refractivity (Wildman–Crippen MR) is 65.2 cm³/mol. The summed E-state index contributed by atoms with van der Waals surface area (Å²) >= 11 is 1.75. The molecule has 1 heterocycles. The Morgan fingerprint density at radius 1 is 1.50 bits per heavy atom. The molecule has 0 radical (unpaired) electrons. The van der Waals surface area contributed by atoms with E-state index in [-0.39, 0.29) is 5.92 Å². The van der Waals surface area contributed by atoms with Gasteiger partial charge in [-0.05, 0) is 26.7 Å². The third kappa shape index (κ3) is 2.42. The molecule has 0 spiro atoms. The SMILES string of the molecule is Cc1nc(C)c(CNC2CCCC2C#N)s1. The van der Waals surface area contributed by atoms with Crippen molar-refractivity contribution in [1.82, 2.24) is 10.3 Å². The van der Waals surface area contributed by atoms with Gasteiger partial charge in [0.1, 0.15) is 0 Å². The minimum absolute atomic E-state index is 0.203. The van der Waals surface area contributed by atoms with E-state index in [0.717, 1.165) is 30.1 Å². The zero-order valence-electron chi connectivity index (χ0n) is 9.79. The minimum Gasteiger partial charge on any atom is -0.308 e. The van der Waals surface area contributed by atoms with Crippen LogP contribution in [0.25, 0.3) is 0 Å². The summed E-state index contributed by atoms with van der Waals surface area (Å²) in [6, 6.07) is 2.78. The van der Waals surface area contributed by atoms with Crippen LogP contribution >= 0.6 is 11.3 Å². The fraction of sp³-hybridized carbons (Fsp3) is 0.667. The molecule has 2 atom stereocenters. The average molecular weight is 235 g/mol. The maximum atomic E-state index is 8.99. The Kier molecular flexibility index (Phi) is 3.57. The highest BCUT2D eigenvalue weighted by atomic mass is 32.1. The van der Waals surface area contributed by atoms with Gasteiger partial charge in [0.25, 0.3) is 0 Å². The van der Waals surface area contributed by atoms with E-state index in [2.05, 4.69) is 23.3 Å². The molecule has 0 amide bonds. The summed E-state index contributed by atoms with van der Waals surface area (Å²) in [5.74, 6) is 0.203. The number of nitrogens with zero attached hydrogens (tertiary/aromatic N) is 2. The van der Waals surface area contributed by atoms with Gasteiger partial charge < -0.3 is 5.32 Å². The summed E-state index contributed by atoms with van der Waals surface area (Å²) < 4.78 is 0. The van der Waals surface area contributed by atoms with Gasteiger partial charge in [0.05, 0.1) is 22.7 Å². The average Bonchev–Trinajstić information content (AvgIpc) is 2.81. The van der Waals surface area contributed by atoms with Crippen molar-refractivity contribution in [2.45, 2.75) is 45.7 Å². The van der Waals surface area contributed by atoms with Crippen LogP contribution < -0.4 is 5.32 Å². The van der Waals surface area contributed by atoms with Crippen molar-refractivity contribution in [3.05, 3.63) is 15.6 Å². The van der Waals surface area contributed by atoms with Crippen molar-refractivity contribution < 1.29 is 0 Å². The van der Waals surface area contributed by atoms with E-state index in [4.69, 9.17) is 5.26 Å². The van der Waals surface area contributed by atoms with E-state index in [1.54, 1.807) is 11.3 Å². The van der Waals surface area contributed by atoms with Crippen LogP contribution in [0.1, 0.15) is 34.8 Å². The highest BCUT2D eigenvalue weighted by Crippen LogP contribution is 2.26. The van der Waals surface area contributed by atoms with Gasteiger partial charge in [0.15, 0.2) is 0 Å². The van der Waals surface area contributed by atoms with Gasteiger partial charge in [0.2, 0.25) is 0 Å². The van der Waals surface area contributed by atoms with Crippen molar-refractivity contribution in [2.75, 3.05) is 0 Å². The molecule has 1 saturated carbocycles.